The lowest BCUT2D eigenvalue weighted by molar-refractivity contribution is -0.121. The zero-order valence-corrected chi connectivity index (χ0v) is 15.9. The van der Waals surface area contributed by atoms with Crippen LogP contribution in [0.15, 0.2) is 42.5 Å². The van der Waals surface area contributed by atoms with Crippen LogP contribution in [0.25, 0.3) is 10.2 Å². The number of nitrogens with zero attached hydrogens (tertiary/aromatic N) is 1. The molecule has 27 heavy (non-hydrogen) atoms. The summed E-state index contributed by atoms with van der Waals surface area (Å²) in [6.07, 6.45) is 3.50. The van der Waals surface area contributed by atoms with Crippen molar-refractivity contribution in [2.75, 3.05) is 5.32 Å². The van der Waals surface area contributed by atoms with Crippen LogP contribution < -0.4 is 10.6 Å². The molecule has 0 saturated heterocycles. The maximum absolute atomic E-state index is 12.6. The Labute approximate surface area is 161 Å². The Kier molecular flexibility index (Phi) is 4.90. The number of aryl methyl sites for hydroxylation is 1. The molecule has 1 heterocycles. The summed E-state index contributed by atoms with van der Waals surface area (Å²) < 4.78 is 0.965. The van der Waals surface area contributed by atoms with Crippen molar-refractivity contribution in [3.05, 3.63) is 59.2 Å². The summed E-state index contributed by atoms with van der Waals surface area (Å²) in [4.78, 5) is 28.2. The average Bonchev–Trinajstić information content (AvgIpc) is 3.02. The van der Waals surface area contributed by atoms with Crippen molar-refractivity contribution in [2.45, 2.75) is 38.6 Å². The van der Waals surface area contributed by atoms with Gasteiger partial charge in [0.2, 0.25) is 11.8 Å². The number of carbonyl (C=O) groups excluding carboxylic acids is 2. The minimum Gasteiger partial charge on any atom is -0.349 e. The third-order valence-corrected chi connectivity index (χ3v) is 5.74. The molecule has 0 saturated carbocycles. The van der Waals surface area contributed by atoms with E-state index in [2.05, 4.69) is 33.8 Å². The van der Waals surface area contributed by atoms with E-state index >= 15 is 0 Å². The summed E-state index contributed by atoms with van der Waals surface area (Å²) in [5.41, 5.74) is 4.36. The van der Waals surface area contributed by atoms with Gasteiger partial charge in [-0.1, -0.05) is 41.7 Å². The van der Waals surface area contributed by atoms with Crippen molar-refractivity contribution in [2.24, 2.45) is 0 Å². The Bertz CT molecular complexity index is 1010. The van der Waals surface area contributed by atoms with Gasteiger partial charge < -0.3 is 10.6 Å². The molecule has 138 valence electrons. The van der Waals surface area contributed by atoms with Crippen LogP contribution in [0.4, 0.5) is 5.13 Å². The first-order valence-electron chi connectivity index (χ1n) is 9.13. The van der Waals surface area contributed by atoms with Gasteiger partial charge in [-0.05, 0) is 48.1 Å². The molecule has 1 aliphatic carbocycles. The summed E-state index contributed by atoms with van der Waals surface area (Å²) in [5, 5.41) is 6.48. The molecule has 0 spiro atoms. The second-order valence-corrected chi connectivity index (χ2v) is 7.92. The molecule has 1 aliphatic rings. The number of benzene rings is 2. The molecule has 2 amide bonds. The zero-order valence-electron chi connectivity index (χ0n) is 15.1. The number of hydrogen-bond donors (Lipinski definition) is 2. The SMILES string of the molecule is CC(=O)Nc1nc2ccc(CC(=O)NC3CCCc4ccccc43)cc2s1. The summed E-state index contributed by atoms with van der Waals surface area (Å²) in [6.45, 7) is 1.46. The normalized spacial score (nSPS) is 16.0. The quantitative estimate of drug-likeness (QED) is 0.720. The fourth-order valence-corrected chi connectivity index (χ4v) is 4.59. The molecule has 0 fully saturated rings. The Balaban J connectivity index is 1.46. The topological polar surface area (TPSA) is 71.1 Å². The molecule has 0 aliphatic heterocycles. The Morgan fingerprint density at radius 2 is 2.07 bits per heavy atom. The molecule has 3 aromatic rings. The number of carbonyl (C=O) groups is 2. The molecule has 2 N–H and O–H groups in total. The number of hydrogen-bond acceptors (Lipinski definition) is 4. The van der Waals surface area contributed by atoms with Crippen molar-refractivity contribution in [3.8, 4) is 0 Å². The zero-order chi connectivity index (χ0) is 18.8. The van der Waals surface area contributed by atoms with Crippen molar-refractivity contribution in [1.29, 1.82) is 0 Å². The van der Waals surface area contributed by atoms with E-state index in [0.29, 0.717) is 11.6 Å². The van der Waals surface area contributed by atoms with Gasteiger partial charge in [0, 0.05) is 6.92 Å². The summed E-state index contributed by atoms with van der Waals surface area (Å²) >= 11 is 1.42. The molecule has 0 radical (unpaired) electrons. The Hall–Kier alpha value is -2.73. The van der Waals surface area contributed by atoms with Crippen LogP contribution in [0.3, 0.4) is 0 Å². The first-order valence-corrected chi connectivity index (χ1v) is 9.94. The van der Waals surface area contributed by atoms with Gasteiger partial charge in [-0.3, -0.25) is 9.59 Å². The Morgan fingerprint density at radius 1 is 1.22 bits per heavy atom. The van der Waals surface area contributed by atoms with Gasteiger partial charge in [0.15, 0.2) is 5.13 Å². The van der Waals surface area contributed by atoms with Gasteiger partial charge in [-0.25, -0.2) is 4.98 Å². The van der Waals surface area contributed by atoms with Gasteiger partial charge in [-0.15, -0.1) is 0 Å². The smallest absolute Gasteiger partial charge is 0.224 e. The summed E-state index contributed by atoms with van der Waals surface area (Å²) in [7, 11) is 0. The number of rotatable bonds is 4. The van der Waals surface area contributed by atoms with Gasteiger partial charge in [-0.2, -0.15) is 0 Å². The van der Waals surface area contributed by atoms with E-state index in [-0.39, 0.29) is 17.9 Å². The van der Waals surface area contributed by atoms with E-state index in [1.165, 1.54) is 29.4 Å². The van der Waals surface area contributed by atoms with Gasteiger partial charge in [0.05, 0.1) is 22.7 Å². The molecular formula is C21H21N3O2S. The maximum atomic E-state index is 12.6. The van der Waals surface area contributed by atoms with E-state index < -0.39 is 0 Å². The van der Waals surface area contributed by atoms with Crippen molar-refractivity contribution in [3.63, 3.8) is 0 Å². The molecule has 1 aromatic heterocycles. The lowest BCUT2D eigenvalue weighted by atomic mass is 9.87. The largest absolute Gasteiger partial charge is 0.349 e. The highest BCUT2D eigenvalue weighted by Crippen LogP contribution is 2.30. The predicted molar refractivity (Wildman–Crippen MR) is 108 cm³/mol. The van der Waals surface area contributed by atoms with Crippen LogP contribution in [-0.2, 0) is 22.4 Å². The highest BCUT2D eigenvalue weighted by molar-refractivity contribution is 7.22. The minimum atomic E-state index is -0.138. The molecule has 5 nitrogen and oxygen atoms in total. The number of nitrogens with one attached hydrogen (secondary N) is 2. The van der Waals surface area contributed by atoms with Gasteiger partial charge in [0.1, 0.15) is 0 Å². The number of amides is 2. The van der Waals surface area contributed by atoms with Crippen molar-refractivity contribution >= 4 is 38.5 Å². The Morgan fingerprint density at radius 3 is 2.93 bits per heavy atom. The number of fused-ring (bicyclic) bond motifs is 2. The van der Waals surface area contributed by atoms with E-state index in [0.717, 1.165) is 35.0 Å². The van der Waals surface area contributed by atoms with E-state index in [1.54, 1.807) is 0 Å². The minimum absolute atomic E-state index is 0.0302. The van der Waals surface area contributed by atoms with Crippen LogP contribution in [0, 0.1) is 0 Å². The lowest BCUT2D eigenvalue weighted by Crippen LogP contribution is -2.32. The third-order valence-electron chi connectivity index (χ3n) is 4.81. The highest BCUT2D eigenvalue weighted by Gasteiger charge is 2.21. The predicted octanol–water partition coefficient (Wildman–Crippen LogP) is 3.99. The average molecular weight is 379 g/mol. The maximum Gasteiger partial charge on any atom is 0.224 e. The monoisotopic (exact) mass is 379 g/mol. The molecule has 4 rings (SSSR count). The second-order valence-electron chi connectivity index (χ2n) is 6.89. The van der Waals surface area contributed by atoms with E-state index in [9.17, 15) is 9.59 Å². The van der Waals surface area contributed by atoms with Crippen LogP contribution in [0.1, 0.15) is 42.5 Å². The first-order chi connectivity index (χ1) is 13.1. The van der Waals surface area contributed by atoms with Crippen LogP contribution in [0.2, 0.25) is 0 Å². The molecule has 6 heteroatoms. The van der Waals surface area contributed by atoms with Gasteiger partial charge >= 0.3 is 0 Å². The molecular weight excluding hydrogens is 358 g/mol. The summed E-state index contributed by atoms with van der Waals surface area (Å²) in [6, 6.07) is 14.3. The van der Waals surface area contributed by atoms with Crippen LogP contribution >= 0.6 is 11.3 Å². The van der Waals surface area contributed by atoms with E-state index in [1.807, 2.05) is 24.3 Å². The number of aromatic nitrogens is 1. The van der Waals surface area contributed by atoms with Crippen LogP contribution in [-0.4, -0.2) is 16.8 Å². The summed E-state index contributed by atoms with van der Waals surface area (Å²) in [5.74, 6) is -0.107. The van der Waals surface area contributed by atoms with Crippen molar-refractivity contribution in [1.82, 2.24) is 10.3 Å². The molecule has 0 bridgehead atoms. The first kappa shape index (κ1) is 17.7. The molecule has 1 unspecified atom stereocenters. The molecule has 1 atom stereocenters. The number of anilines is 1. The lowest BCUT2D eigenvalue weighted by Gasteiger charge is -2.26. The third kappa shape index (κ3) is 4.01. The van der Waals surface area contributed by atoms with Crippen molar-refractivity contribution < 1.29 is 9.59 Å². The van der Waals surface area contributed by atoms with E-state index in [4.69, 9.17) is 0 Å². The second kappa shape index (κ2) is 7.48. The standard InChI is InChI=1S/C21H21N3O2S/c1-13(25)22-21-24-18-10-9-14(11-19(18)27-21)12-20(26)23-17-8-4-6-15-5-2-3-7-16(15)17/h2-3,5,7,9-11,17H,4,6,8,12H2,1H3,(H,23,26)(H,22,24,25). The highest BCUT2D eigenvalue weighted by atomic mass is 32.1. The fourth-order valence-electron chi connectivity index (χ4n) is 3.62. The van der Waals surface area contributed by atoms with Crippen LogP contribution in [0.5, 0.6) is 0 Å². The van der Waals surface area contributed by atoms with Gasteiger partial charge in [0.25, 0.3) is 0 Å². The fraction of sp³-hybridized carbons (Fsp3) is 0.286. The molecule has 2 aromatic carbocycles. The number of thiazole rings is 1.